The summed E-state index contributed by atoms with van der Waals surface area (Å²) in [7, 11) is 0. The summed E-state index contributed by atoms with van der Waals surface area (Å²) in [4.78, 5) is 0. The summed E-state index contributed by atoms with van der Waals surface area (Å²) in [6.45, 7) is 2.66. The summed E-state index contributed by atoms with van der Waals surface area (Å²) in [6.07, 6.45) is 0. The summed E-state index contributed by atoms with van der Waals surface area (Å²) in [5, 5.41) is 11.0. The molecule has 3 aromatic rings. The van der Waals surface area contributed by atoms with Gasteiger partial charge in [0.25, 0.3) is 0 Å². The predicted molar refractivity (Wildman–Crippen MR) is 130 cm³/mol. The van der Waals surface area contributed by atoms with Crippen molar-refractivity contribution in [1.29, 1.82) is 5.26 Å². The number of nitrogens with zero attached hydrogens (tertiary/aromatic N) is 1. The van der Waals surface area contributed by atoms with E-state index in [-0.39, 0.29) is 19.3 Å². The van der Waals surface area contributed by atoms with Crippen LogP contribution < -0.4 is 29.4 Å². The number of halogens is 2. The lowest BCUT2D eigenvalue weighted by atomic mass is 9.83. The Hall–Kier alpha value is -3.73. The number of nitriles is 1. The first-order chi connectivity index (χ1) is 17.0. The number of rotatable bonds is 6. The molecule has 0 saturated heterocycles. The minimum Gasteiger partial charge on any atom is -0.490 e. The molecule has 35 heavy (non-hydrogen) atoms. The van der Waals surface area contributed by atoms with Gasteiger partial charge in [-0.1, -0.05) is 35.3 Å². The van der Waals surface area contributed by atoms with E-state index in [2.05, 4.69) is 6.07 Å². The molecule has 9 heteroatoms. The summed E-state index contributed by atoms with van der Waals surface area (Å²) in [5.41, 5.74) is 8.73. The molecular formula is C26H20Cl2N2O5. The van der Waals surface area contributed by atoms with Gasteiger partial charge in [0.15, 0.2) is 23.0 Å². The van der Waals surface area contributed by atoms with Crippen molar-refractivity contribution in [3.8, 4) is 34.8 Å². The highest BCUT2D eigenvalue weighted by Crippen LogP contribution is 2.48. The van der Waals surface area contributed by atoms with E-state index in [0.29, 0.717) is 51.0 Å². The standard InChI is InChI=1S/C26H20Cl2N2O5/c1-2-31-22-7-14(4-6-20(22)32-12-15-3-5-16(27)8-19(15)28)25-17-9-23-24(34-13-33-23)10-21(17)35-26(30)18(25)11-29/h3-10,25H,2,12-13,30H2,1H3/t25-/m0/s1. The molecule has 3 aromatic carbocycles. The lowest BCUT2D eigenvalue weighted by Gasteiger charge is -2.27. The fraction of sp³-hybridized carbons (Fsp3) is 0.192. The molecule has 0 unspecified atom stereocenters. The second-order valence-electron chi connectivity index (χ2n) is 7.83. The number of nitrogens with two attached hydrogens (primary N) is 1. The minimum atomic E-state index is -0.489. The van der Waals surface area contributed by atoms with E-state index >= 15 is 0 Å². The van der Waals surface area contributed by atoms with Gasteiger partial charge in [0.05, 0.1) is 12.5 Å². The van der Waals surface area contributed by atoms with Crippen LogP contribution in [0, 0.1) is 11.3 Å². The van der Waals surface area contributed by atoms with Crippen molar-refractivity contribution in [2.24, 2.45) is 5.73 Å². The van der Waals surface area contributed by atoms with Crippen LogP contribution in [0.15, 0.2) is 60.0 Å². The van der Waals surface area contributed by atoms with E-state index in [4.69, 9.17) is 52.6 Å². The van der Waals surface area contributed by atoms with Crippen LogP contribution in [-0.2, 0) is 6.61 Å². The van der Waals surface area contributed by atoms with Gasteiger partial charge in [-0.15, -0.1) is 0 Å². The van der Waals surface area contributed by atoms with Crippen LogP contribution in [0.4, 0.5) is 0 Å². The number of ether oxygens (including phenoxy) is 5. The molecule has 1 atom stereocenters. The average molecular weight is 511 g/mol. The summed E-state index contributed by atoms with van der Waals surface area (Å²) in [5.74, 6) is 2.27. The molecular weight excluding hydrogens is 491 g/mol. The Balaban J connectivity index is 1.52. The number of hydrogen-bond acceptors (Lipinski definition) is 7. The molecule has 0 fully saturated rings. The fourth-order valence-corrected chi connectivity index (χ4v) is 4.54. The molecule has 0 amide bonds. The SMILES string of the molecule is CCOc1cc([C@@H]2C(C#N)=C(N)Oc3cc4c(cc32)OCO4)ccc1OCc1ccc(Cl)cc1Cl. The van der Waals surface area contributed by atoms with Crippen LogP contribution in [0.1, 0.15) is 29.5 Å². The maximum absolute atomic E-state index is 9.89. The van der Waals surface area contributed by atoms with Gasteiger partial charge >= 0.3 is 0 Å². The summed E-state index contributed by atoms with van der Waals surface area (Å²) < 4.78 is 28.7. The first kappa shape index (κ1) is 23.0. The summed E-state index contributed by atoms with van der Waals surface area (Å²) >= 11 is 12.3. The average Bonchev–Trinajstić information content (AvgIpc) is 3.29. The highest BCUT2D eigenvalue weighted by molar-refractivity contribution is 6.35. The molecule has 2 aliphatic rings. The van der Waals surface area contributed by atoms with Gasteiger partial charge in [-0.25, -0.2) is 0 Å². The highest BCUT2D eigenvalue weighted by Gasteiger charge is 2.33. The number of benzene rings is 3. The summed E-state index contributed by atoms with van der Waals surface area (Å²) in [6, 6.07) is 16.5. The van der Waals surface area contributed by atoms with Crippen molar-refractivity contribution in [2.75, 3.05) is 13.4 Å². The molecule has 178 valence electrons. The molecule has 2 aliphatic heterocycles. The molecule has 0 saturated carbocycles. The first-order valence-electron chi connectivity index (χ1n) is 10.8. The van der Waals surface area contributed by atoms with E-state index in [1.54, 1.807) is 24.3 Å². The zero-order chi connectivity index (χ0) is 24.5. The van der Waals surface area contributed by atoms with Crippen LogP contribution >= 0.6 is 23.2 Å². The fourth-order valence-electron chi connectivity index (χ4n) is 4.08. The second kappa shape index (κ2) is 9.49. The van der Waals surface area contributed by atoms with Crippen LogP contribution in [-0.4, -0.2) is 13.4 Å². The zero-order valence-corrected chi connectivity index (χ0v) is 20.2. The number of fused-ring (bicyclic) bond motifs is 2. The van der Waals surface area contributed by atoms with Crippen molar-refractivity contribution in [2.45, 2.75) is 19.4 Å². The molecule has 2 heterocycles. The van der Waals surface area contributed by atoms with Gasteiger partial charge in [-0.05, 0) is 42.8 Å². The van der Waals surface area contributed by atoms with E-state index < -0.39 is 5.92 Å². The van der Waals surface area contributed by atoms with Gasteiger partial charge in [0.2, 0.25) is 12.7 Å². The van der Waals surface area contributed by atoms with Crippen LogP contribution in [0.5, 0.6) is 28.7 Å². The largest absolute Gasteiger partial charge is 0.490 e. The molecule has 0 radical (unpaired) electrons. The van der Waals surface area contributed by atoms with E-state index in [1.165, 1.54) is 0 Å². The topological polar surface area (TPSA) is 96.0 Å². The molecule has 0 aromatic heterocycles. The van der Waals surface area contributed by atoms with Crippen LogP contribution in [0.2, 0.25) is 10.0 Å². The van der Waals surface area contributed by atoms with Crippen molar-refractivity contribution in [3.05, 3.63) is 86.7 Å². The zero-order valence-electron chi connectivity index (χ0n) is 18.6. The molecule has 7 nitrogen and oxygen atoms in total. The number of hydrogen-bond donors (Lipinski definition) is 1. The van der Waals surface area contributed by atoms with Crippen molar-refractivity contribution in [3.63, 3.8) is 0 Å². The normalized spacial score (nSPS) is 15.8. The van der Waals surface area contributed by atoms with Gasteiger partial charge in [0.1, 0.15) is 24.0 Å². The molecule has 0 spiro atoms. The predicted octanol–water partition coefficient (Wildman–Crippen LogP) is 5.92. The van der Waals surface area contributed by atoms with Gasteiger partial charge < -0.3 is 29.4 Å². The van der Waals surface area contributed by atoms with E-state index in [9.17, 15) is 5.26 Å². The van der Waals surface area contributed by atoms with Crippen molar-refractivity contribution >= 4 is 23.2 Å². The Morgan fingerprint density at radius 2 is 1.80 bits per heavy atom. The Kier molecular flexibility index (Phi) is 6.25. The third-order valence-electron chi connectivity index (χ3n) is 5.71. The molecule has 5 rings (SSSR count). The third-order valence-corrected chi connectivity index (χ3v) is 6.30. The van der Waals surface area contributed by atoms with Crippen LogP contribution in [0.25, 0.3) is 0 Å². The third kappa shape index (κ3) is 4.39. The lowest BCUT2D eigenvalue weighted by Crippen LogP contribution is -2.21. The van der Waals surface area contributed by atoms with Gasteiger partial charge in [-0.2, -0.15) is 5.26 Å². The first-order valence-corrected chi connectivity index (χ1v) is 11.6. The maximum atomic E-state index is 9.89. The molecule has 0 aliphatic carbocycles. The molecule has 0 bridgehead atoms. The maximum Gasteiger partial charge on any atom is 0.231 e. The van der Waals surface area contributed by atoms with Gasteiger partial charge in [-0.3, -0.25) is 0 Å². The lowest BCUT2D eigenvalue weighted by molar-refractivity contribution is 0.174. The second-order valence-corrected chi connectivity index (χ2v) is 8.68. The Morgan fingerprint density at radius 3 is 2.54 bits per heavy atom. The Morgan fingerprint density at radius 1 is 1.00 bits per heavy atom. The van der Waals surface area contributed by atoms with E-state index in [0.717, 1.165) is 16.7 Å². The van der Waals surface area contributed by atoms with E-state index in [1.807, 2.05) is 31.2 Å². The molecule has 2 N–H and O–H groups in total. The Bertz CT molecular complexity index is 1380. The minimum absolute atomic E-state index is 0.0412. The van der Waals surface area contributed by atoms with Crippen molar-refractivity contribution < 1.29 is 23.7 Å². The Labute approximate surface area is 212 Å². The van der Waals surface area contributed by atoms with Gasteiger partial charge in [0, 0.05) is 27.2 Å². The van der Waals surface area contributed by atoms with Crippen LogP contribution in [0.3, 0.4) is 0 Å². The highest BCUT2D eigenvalue weighted by atomic mass is 35.5. The quantitative estimate of drug-likeness (QED) is 0.439. The monoisotopic (exact) mass is 510 g/mol. The number of allylic oxidation sites excluding steroid dienone is 1. The smallest absolute Gasteiger partial charge is 0.231 e. The van der Waals surface area contributed by atoms with Crippen molar-refractivity contribution in [1.82, 2.24) is 0 Å².